The molecular formula is C24H24N2O4S. The van der Waals surface area contributed by atoms with Crippen LogP contribution in [0.4, 0.5) is 5.13 Å². The number of aromatic nitrogens is 1. The van der Waals surface area contributed by atoms with Gasteiger partial charge in [-0.3, -0.25) is 9.69 Å². The normalized spacial score (nSPS) is 14.6. The monoisotopic (exact) mass is 436 g/mol. The van der Waals surface area contributed by atoms with Crippen LogP contribution in [0.1, 0.15) is 33.4 Å². The lowest BCUT2D eigenvalue weighted by Crippen LogP contribution is -2.42. The van der Waals surface area contributed by atoms with Gasteiger partial charge in [-0.15, -0.1) is 11.3 Å². The molecule has 0 aliphatic carbocycles. The van der Waals surface area contributed by atoms with Gasteiger partial charge in [-0.05, 0) is 37.5 Å². The number of nitrogens with zero attached hydrogens (tertiary/aromatic N) is 2. The number of amides is 1. The lowest BCUT2D eigenvalue weighted by Gasteiger charge is -2.23. The van der Waals surface area contributed by atoms with Crippen LogP contribution >= 0.6 is 11.3 Å². The van der Waals surface area contributed by atoms with E-state index in [0.29, 0.717) is 24.5 Å². The van der Waals surface area contributed by atoms with Crippen LogP contribution in [0, 0.1) is 6.92 Å². The van der Waals surface area contributed by atoms with Crippen molar-refractivity contribution in [2.45, 2.75) is 32.8 Å². The Bertz CT molecular complexity index is 1060. The Balaban J connectivity index is 1.59. The highest BCUT2D eigenvalue weighted by atomic mass is 32.1. The van der Waals surface area contributed by atoms with Crippen LogP contribution in [0.2, 0.25) is 0 Å². The number of thiazole rings is 1. The molecule has 7 heteroatoms. The standard InChI is InChI=1S/C24H24N2O4S/c1-3-29-23(28)21-16(2)31-24(25-21)26(14-13-17-9-5-4-6-10-17)22(27)20-15-18-11-7-8-12-19(18)30-20/h4-12,20H,3,13-15H2,1-2H3/t20-/m1/s1. The van der Waals surface area contributed by atoms with E-state index in [1.807, 2.05) is 61.5 Å². The highest BCUT2D eigenvalue weighted by Crippen LogP contribution is 2.32. The molecule has 160 valence electrons. The van der Waals surface area contributed by atoms with Gasteiger partial charge >= 0.3 is 5.97 Å². The molecule has 1 aromatic heterocycles. The van der Waals surface area contributed by atoms with E-state index in [2.05, 4.69) is 4.98 Å². The van der Waals surface area contributed by atoms with E-state index < -0.39 is 12.1 Å². The molecule has 1 aliphatic heterocycles. The predicted molar refractivity (Wildman–Crippen MR) is 120 cm³/mol. The summed E-state index contributed by atoms with van der Waals surface area (Å²) in [4.78, 5) is 32.6. The molecule has 0 unspecified atom stereocenters. The fourth-order valence-electron chi connectivity index (χ4n) is 3.57. The second-order valence-electron chi connectivity index (χ2n) is 7.27. The first-order valence-electron chi connectivity index (χ1n) is 10.3. The minimum atomic E-state index is -0.608. The maximum Gasteiger partial charge on any atom is 0.358 e. The van der Waals surface area contributed by atoms with E-state index in [0.717, 1.165) is 21.8 Å². The molecule has 0 radical (unpaired) electrons. The number of hydrogen-bond acceptors (Lipinski definition) is 6. The zero-order valence-corrected chi connectivity index (χ0v) is 18.4. The summed E-state index contributed by atoms with van der Waals surface area (Å²) < 4.78 is 11.1. The van der Waals surface area contributed by atoms with Gasteiger partial charge in [0.25, 0.3) is 5.91 Å². The molecule has 2 aromatic carbocycles. The lowest BCUT2D eigenvalue weighted by molar-refractivity contribution is -0.124. The Morgan fingerprint density at radius 1 is 1.16 bits per heavy atom. The number of anilines is 1. The number of esters is 1. The molecule has 0 spiro atoms. The number of aryl methyl sites for hydroxylation is 1. The van der Waals surface area contributed by atoms with Gasteiger partial charge in [-0.1, -0.05) is 48.5 Å². The molecule has 0 saturated carbocycles. The summed E-state index contributed by atoms with van der Waals surface area (Å²) in [6.45, 7) is 4.28. The molecule has 0 saturated heterocycles. The van der Waals surface area contributed by atoms with Crippen molar-refractivity contribution in [2.75, 3.05) is 18.1 Å². The van der Waals surface area contributed by atoms with Crippen LogP contribution in [0.5, 0.6) is 5.75 Å². The smallest absolute Gasteiger partial charge is 0.358 e. The Morgan fingerprint density at radius 3 is 2.65 bits per heavy atom. The maximum absolute atomic E-state index is 13.5. The second kappa shape index (κ2) is 9.31. The van der Waals surface area contributed by atoms with Crippen molar-refractivity contribution >= 4 is 28.3 Å². The van der Waals surface area contributed by atoms with Crippen molar-refractivity contribution in [3.05, 3.63) is 76.3 Å². The van der Waals surface area contributed by atoms with Crippen molar-refractivity contribution in [3.8, 4) is 5.75 Å². The number of benzene rings is 2. The molecule has 31 heavy (non-hydrogen) atoms. The number of ether oxygens (including phenoxy) is 2. The topological polar surface area (TPSA) is 68.7 Å². The molecule has 1 aliphatic rings. The summed E-state index contributed by atoms with van der Waals surface area (Å²) in [5.41, 5.74) is 2.40. The first-order chi connectivity index (χ1) is 15.1. The Kier molecular flexibility index (Phi) is 6.32. The molecular weight excluding hydrogens is 412 g/mol. The fraction of sp³-hybridized carbons (Fsp3) is 0.292. The second-order valence-corrected chi connectivity index (χ2v) is 8.45. The third-order valence-electron chi connectivity index (χ3n) is 5.14. The van der Waals surface area contributed by atoms with Crippen molar-refractivity contribution in [2.24, 2.45) is 0 Å². The van der Waals surface area contributed by atoms with E-state index in [4.69, 9.17) is 9.47 Å². The quantitative estimate of drug-likeness (QED) is 0.519. The van der Waals surface area contributed by atoms with E-state index >= 15 is 0 Å². The SMILES string of the molecule is CCOC(=O)c1nc(N(CCc2ccccc2)C(=O)[C@H]2Cc3ccccc3O2)sc1C. The van der Waals surface area contributed by atoms with Crippen molar-refractivity contribution < 1.29 is 19.1 Å². The highest BCUT2D eigenvalue weighted by Gasteiger charge is 2.34. The summed E-state index contributed by atoms with van der Waals surface area (Å²) >= 11 is 1.32. The molecule has 0 bridgehead atoms. The minimum absolute atomic E-state index is 0.156. The van der Waals surface area contributed by atoms with Crippen molar-refractivity contribution in [1.82, 2.24) is 4.98 Å². The van der Waals surface area contributed by atoms with Gasteiger partial charge in [0.15, 0.2) is 16.9 Å². The lowest BCUT2D eigenvalue weighted by atomic mass is 10.1. The van der Waals surface area contributed by atoms with Crippen molar-refractivity contribution in [3.63, 3.8) is 0 Å². The molecule has 1 amide bonds. The van der Waals surface area contributed by atoms with Crippen LogP contribution in [0.15, 0.2) is 54.6 Å². The third kappa shape index (κ3) is 4.61. The predicted octanol–water partition coefficient (Wildman–Crippen LogP) is 4.21. The molecule has 2 heterocycles. The first-order valence-corrected chi connectivity index (χ1v) is 11.1. The van der Waals surface area contributed by atoms with E-state index in [9.17, 15) is 9.59 Å². The minimum Gasteiger partial charge on any atom is -0.480 e. The average Bonchev–Trinajstić information content (AvgIpc) is 3.38. The zero-order chi connectivity index (χ0) is 21.8. The third-order valence-corrected chi connectivity index (χ3v) is 6.13. The summed E-state index contributed by atoms with van der Waals surface area (Å²) in [6, 6.07) is 17.7. The number of carbonyl (C=O) groups is 2. The van der Waals surface area contributed by atoms with E-state index in [1.165, 1.54) is 11.3 Å². The molecule has 3 aromatic rings. The zero-order valence-electron chi connectivity index (χ0n) is 17.5. The number of rotatable bonds is 7. The largest absolute Gasteiger partial charge is 0.480 e. The van der Waals surface area contributed by atoms with Crippen LogP contribution in [-0.2, 0) is 22.4 Å². The molecule has 1 atom stereocenters. The van der Waals surface area contributed by atoms with Gasteiger partial charge in [-0.2, -0.15) is 0 Å². The van der Waals surface area contributed by atoms with E-state index in [-0.39, 0.29) is 18.2 Å². The number of para-hydroxylation sites is 1. The number of hydrogen-bond donors (Lipinski definition) is 0. The Hall–Kier alpha value is -3.19. The van der Waals surface area contributed by atoms with Gasteiger partial charge < -0.3 is 9.47 Å². The fourth-order valence-corrected chi connectivity index (χ4v) is 4.49. The first kappa shape index (κ1) is 21.1. The number of fused-ring (bicyclic) bond motifs is 1. The van der Waals surface area contributed by atoms with Gasteiger partial charge in [0.05, 0.1) is 6.61 Å². The highest BCUT2D eigenvalue weighted by molar-refractivity contribution is 7.16. The molecule has 0 fully saturated rings. The van der Waals surface area contributed by atoms with Crippen LogP contribution < -0.4 is 9.64 Å². The maximum atomic E-state index is 13.5. The summed E-state index contributed by atoms with van der Waals surface area (Å²) in [5, 5.41) is 0.487. The van der Waals surface area contributed by atoms with E-state index in [1.54, 1.807) is 11.8 Å². The Morgan fingerprint density at radius 2 is 1.90 bits per heavy atom. The Labute approximate surface area is 185 Å². The van der Waals surface area contributed by atoms with Gasteiger partial charge in [-0.25, -0.2) is 9.78 Å². The van der Waals surface area contributed by atoms with Crippen LogP contribution in [0.25, 0.3) is 0 Å². The van der Waals surface area contributed by atoms with Crippen LogP contribution in [-0.4, -0.2) is 36.1 Å². The molecule has 4 rings (SSSR count). The summed E-state index contributed by atoms with van der Waals surface area (Å²) in [5.74, 6) is 0.116. The summed E-state index contributed by atoms with van der Waals surface area (Å²) in [6.07, 6.45) is 0.578. The molecule has 0 N–H and O–H groups in total. The average molecular weight is 437 g/mol. The van der Waals surface area contributed by atoms with Crippen LogP contribution in [0.3, 0.4) is 0 Å². The van der Waals surface area contributed by atoms with Gasteiger partial charge in [0.2, 0.25) is 0 Å². The van der Waals surface area contributed by atoms with Gasteiger partial charge in [0.1, 0.15) is 5.75 Å². The van der Waals surface area contributed by atoms with Gasteiger partial charge in [0, 0.05) is 17.8 Å². The summed E-state index contributed by atoms with van der Waals surface area (Å²) in [7, 11) is 0. The molecule has 6 nitrogen and oxygen atoms in total. The number of carbonyl (C=O) groups excluding carboxylic acids is 2. The van der Waals surface area contributed by atoms with Crippen molar-refractivity contribution in [1.29, 1.82) is 0 Å².